The van der Waals surface area contributed by atoms with Gasteiger partial charge in [0.1, 0.15) is 5.75 Å². The van der Waals surface area contributed by atoms with E-state index in [0.29, 0.717) is 10.2 Å². The molecule has 0 aliphatic carbocycles. The number of nitro groups is 1. The van der Waals surface area contributed by atoms with Crippen molar-refractivity contribution in [3.05, 3.63) is 50.9 Å². The summed E-state index contributed by atoms with van der Waals surface area (Å²) in [5, 5.41) is 10.9. The molecule has 7 heteroatoms. The van der Waals surface area contributed by atoms with Crippen molar-refractivity contribution < 1.29 is 9.66 Å². The largest absolute Gasteiger partial charge is 0.432 e. The van der Waals surface area contributed by atoms with Gasteiger partial charge in [0.2, 0.25) is 0 Å². The average Bonchev–Trinajstić information content (AvgIpc) is 2.34. The average molecular weight is 310 g/mol. The lowest BCUT2D eigenvalue weighted by atomic mass is 10.3. The van der Waals surface area contributed by atoms with Gasteiger partial charge in [0.05, 0.1) is 11.1 Å². The number of aryl methyl sites for hydroxylation is 1. The number of halogens is 1. The summed E-state index contributed by atoms with van der Waals surface area (Å²) in [7, 11) is 0. The molecule has 0 N–H and O–H groups in total. The Labute approximate surface area is 111 Å². The zero-order valence-electron chi connectivity index (χ0n) is 9.33. The Hall–Kier alpha value is -2.02. The molecule has 92 valence electrons. The molecule has 2 aromatic rings. The van der Waals surface area contributed by atoms with Crippen molar-refractivity contribution in [3.8, 4) is 11.6 Å². The van der Waals surface area contributed by atoms with Crippen molar-refractivity contribution in [1.82, 2.24) is 9.97 Å². The van der Waals surface area contributed by atoms with Gasteiger partial charge in [-0.25, -0.2) is 4.98 Å². The first-order chi connectivity index (χ1) is 8.56. The summed E-state index contributed by atoms with van der Waals surface area (Å²) in [6.07, 6.45) is 2.92. The Balaban J connectivity index is 2.34. The number of rotatable bonds is 3. The van der Waals surface area contributed by atoms with Gasteiger partial charge in [-0.1, -0.05) is 0 Å². The minimum atomic E-state index is -0.547. The molecule has 0 aliphatic rings. The monoisotopic (exact) mass is 309 g/mol. The van der Waals surface area contributed by atoms with Crippen LogP contribution in [0.15, 0.2) is 35.1 Å². The molecule has 0 unspecified atom stereocenters. The topological polar surface area (TPSA) is 78.2 Å². The van der Waals surface area contributed by atoms with Crippen LogP contribution in [0, 0.1) is 17.0 Å². The summed E-state index contributed by atoms with van der Waals surface area (Å²) in [5.74, 6) is 0.340. The zero-order chi connectivity index (χ0) is 13.1. The second-order valence-electron chi connectivity index (χ2n) is 3.47. The Kier molecular flexibility index (Phi) is 3.52. The highest BCUT2D eigenvalue weighted by atomic mass is 79.9. The second kappa shape index (κ2) is 5.09. The van der Waals surface area contributed by atoms with Gasteiger partial charge in [0, 0.05) is 22.4 Å². The van der Waals surface area contributed by atoms with Gasteiger partial charge in [-0.05, 0) is 35.0 Å². The predicted octanol–water partition coefficient (Wildman–Crippen LogP) is 3.25. The molecule has 0 amide bonds. The molecule has 0 saturated carbocycles. The van der Waals surface area contributed by atoms with Crippen LogP contribution in [-0.4, -0.2) is 14.9 Å². The zero-order valence-corrected chi connectivity index (χ0v) is 10.9. The van der Waals surface area contributed by atoms with Crippen LogP contribution in [0.2, 0.25) is 0 Å². The van der Waals surface area contributed by atoms with Crippen molar-refractivity contribution in [2.75, 3.05) is 0 Å². The smallest absolute Gasteiger partial charge is 0.332 e. The van der Waals surface area contributed by atoms with Crippen LogP contribution in [0.3, 0.4) is 0 Å². The van der Waals surface area contributed by atoms with Gasteiger partial charge < -0.3 is 4.74 Å². The third-order valence-electron chi connectivity index (χ3n) is 2.09. The fourth-order valence-electron chi connectivity index (χ4n) is 1.25. The van der Waals surface area contributed by atoms with E-state index >= 15 is 0 Å². The Morgan fingerprint density at radius 1 is 1.33 bits per heavy atom. The van der Waals surface area contributed by atoms with E-state index in [4.69, 9.17) is 4.74 Å². The number of hydrogen-bond acceptors (Lipinski definition) is 5. The van der Waals surface area contributed by atoms with Gasteiger partial charge in [-0.3, -0.25) is 15.1 Å². The Morgan fingerprint density at radius 3 is 2.72 bits per heavy atom. The minimum Gasteiger partial charge on any atom is -0.432 e. The highest BCUT2D eigenvalue weighted by molar-refractivity contribution is 9.10. The van der Waals surface area contributed by atoms with Crippen LogP contribution in [0.4, 0.5) is 5.69 Å². The summed E-state index contributed by atoms with van der Waals surface area (Å²) in [6, 6.07) is 4.76. The van der Waals surface area contributed by atoms with Gasteiger partial charge in [0.25, 0.3) is 5.88 Å². The number of pyridine rings is 2. The SMILES string of the molecule is Cc1ccc(Oc2ncc(Br)cc2[N+](=O)[O-])cn1. The number of aromatic nitrogens is 2. The summed E-state index contributed by atoms with van der Waals surface area (Å²) < 4.78 is 5.86. The number of nitrogens with zero attached hydrogens (tertiary/aromatic N) is 3. The molecule has 0 saturated heterocycles. The van der Waals surface area contributed by atoms with Crippen LogP contribution in [0.25, 0.3) is 0 Å². The fourth-order valence-corrected chi connectivity index (χ4v) is 1.57. The van der Waals surface area contributed by atoms with E-state index in [-0.39, 0.29) is 11.6 Å². The third-order valence-corrected chi connectivity index (χ3v) is 2.53. The van der Waals surface area contributed by atoms with E-state index < -0.39 is 4.92 Å². The predicted molar refractivity (Wildman–Crippen MR) is 67.6 cm³/mol. The van der Waals surface area contributed by atoms with Crippen LogP contribution in [-0.2, 0) is 0 Å². The molecule has 0 atom stereocenters. The van der Waals surface area contributed by atoms with Crippen molar-refractivity contribution >= 4 is 21.6 Å². The first-order valence-corrected chi connectivity index (χ1v) is 5.76. The van der Waals surface area contributed by atoms with Gasteiger partial charge in [0.15, 0.2) is 0 Å². The van der Waals surface area contributed by atoms with Crippen LogP contribution in [0.5, 0.6) is 11.6 Å². The fraction of sp³-hybridized carbons (Fsp3) is 0.0909. The lowest BCUT2D eigenvalue weighted by molar-refractivity contribution is -0.386. The molecule has 18 heavy (non-hydrogen) atoms. The lowest BCUT2D eigenvalue weighted by Gasteiger charge is -2.05. The highest BCUT2D eigenvalue weighted by Crippen LogP contribution is 2.30. The van der Waals surface area contributed by atoms with E-state index in [1.165, 1.54) is 18.5 Å². The molecule has 0 aromatic carbocycles. The molecular weight excluding hydrogens is 302 g/mol. The maximum atomic E-state index is 10.9. The summed E-state index contributed by atoms with van der Waals surface area (Å²) in [6.45, 7) is 1.84. The molecule has 2 rings (SSSR count). The van der Waals surface area contributed by atoms with Crippen LogP contribution >= 0.6 is 15.9 Å². The van der Waals surface area contributed by atoms with Crippen LogP contribution < -0.4 is 4.74 Å². The molecule has 2 aromatic heterocycles. The molecule has 6 nitrogen and oxygen atoms in total. The summed E-state index contributed by atoms with van der Waals surface area (Å²) in [5.41, 5.74) is 0.630. The highest BCUT2D eigenvalue weighted by Gasteiger charge is 2.18. The molecule has 0 aliphatic heterocycles. The number of hydrogen-bond donors (Lipinski definition) is 0. The van der Waals surface area contributed by atoms with E-state index in [2.05, 4.69) is 25.9 Å². The quantitative estimate of drug-likeness (QED) is 0.642. The van der Waals surface area contributed by atoms with E-state index in [1.54, 1.807) is 12.1 Å². The maximum Gasteiger partial charge on any atom is 0.332 e. The molecule has 2 heterocycles. The van der Waals surface area contributed by atoms with Crippen molar-refractivity contribution in [2.24, 2.45) is 0 Å². The molecule has 0 spiro atoms. The molecule has 0 fully saturated rings. The molecule has 0 radical (unpaired) electrons. The summed E-state index contributed by atoms with van der Waals surface area (Å²) >= 11 is 3.12. The van der Waals surface area contributed by atoms with Gasteiger partial charge in [-0.2, -0.15) is 0 Å². The van der Waals surface area contributed by atoms with Gasteiger partial charge >= 0.3 is 5.69 Å². The summed E-state index contributed by atoms with van der Waals surface area (Å²) in [4.78, 5) is 18.2. The van der Waals surface area contributed by atoms with E-state index in [9.17, 15) is 10.1 Å². The van der Waals surface area contributed by atoms with E-state index in [1.807, 2.05) is 6.92 Å². The van der Waals surface area contributed by atoms with Crippen molar-refractivity contribution in [1.29, 1.82) is 0 Å². The first kappa shape index (κ1) is 12.4. The lowest BCUT2D eigenvalue weighted by Crippen LogP contribution is -1.96. The minimum absolute atomic E-state index is 0.0612. The van der Waals surface area contributed by atoms with Crippen molar-refractivity contribution in [3.63, 3.8) is 0 Å². The Morgan fingerprint density at radius 2 is 2.11 bits per heavy atom. The second-order valence-corrected chi connectivity index (χ2v) is 4.39. The first-order valence-electron chi connectivity index (χ1n) is 4.96. The van der Waals surface area contributed by atoms with Crippen molar-refractivity contribution in [2.45, 2.75) is 6.92 Å². The normalized spacial score (nSPS) is 10.1. The maximum absolute atomic E-state index is 10.9. The van der Waals surface area contributed by atoms with Crippen LogP contribution in [0.1, 0.15) is 5.69 Å². The standard InChI is InChI=1S/C11H8BrN3O3/c1-7-2-3-9(6-13-7)18-11-10(15(16)17)4-8(12)5-14-11/h2-6H,1H3. The number of ether oxygens (including phenoxy) is 1. The molecular formula is C11H8BrN3O3. The Bertz CT molecular complexity index is 587. The van der Waals surface area contributed by atoms with E-state index in [0.717, 1.165) is 5.69 Å². The molecule has 0 bridgehead atoms. The third kappa shape index (κ3) is 2.80. The van der Waals surface area contributed by atoms with Gasteiger partial charge in [-0.15, -0.1) is 0 Å².